The summed E-state index contributed by atoms with van der Waals surface area (Å²) >= 11 is 0. The molecule has 0 spiro atoms. The Labute approximate surface area is 191 Å². The molecule has 4 aromatic rings. The molecule has 0 bridgehead atoms. The van der Waals surface area contributed by atoms with E-state index in [-0.39, 0.29) is 23.6 Å². The molecule has 33 heavy (non-hydrogen) atoms. The van der Waals surface area contributed by atoms with Gasteiger partial charge in [-0.2, -0.15) is 5.26 Å². The third-order valence-corrected chi connectivity index (χ3v) is 5.25. The van der Waals surface area contributed by atoms with Gasteiger partial charge in [0.15, 0.2) is 11.5 Å². The Hall–Kier alpha value is -4.63. The molecule has 0 aromatic heterocycles. The lowest BCUT2D eigenvalue weighted by atomic mass is 9.97. The van der Waals surface area contributed by atoms with E-state index in [1.807, 2.05) is 72.8 Å². The molecule has 0 aliphatic rings. The van der Waals surface area contributed by atoms with Crippen LogP contribution in [0.15, 0.2) is 84.9 Å². The highest BCUT2D eigenvalue weighted by molar-refractivity contribution is 6.02. The summed E-state index contributed by atoms with van der Waals surface area (Å²) in [5, 5.41) is 23.6. The summed E-state index contributed by atoms with van der Waals surface area (Å²) in [6, 6.07) is 27.9. The van der Waals surface area contributed by atoms with Crippen LogP contribution in [0.5, 0.6) is 11.5 Å². The molecule has 4 rings (SSSR count). The van der Waals surface area contributed by atoms with Crippen molar-refractivity contribution in [3.05, 3.63) is 112 Å². The largest absolute Gasteiger partial charge is 0.493 e. The van der Waals surface area contributed by atoms with Crippen molar-refractivity contribution in [3.8, 4) is 17.6 Å². The predicted molar refractivity (Wildman–Crippen MR) is 128 cm³/mol. The minimum absolute atomic E-state index is 0.174. The van der Waals surface area contributed by atoms with Crippen LogP contribution in [0.1, 0.15) is 16.7 Å². The van der Waals surface area contributed by atoms with Crippen molar-refractivity contribution < 1.29 is 14.4 Å². The molecule has 0 fully saturated rings. The molecular weight excluding hydrogens is 416 g/mol. The first-order chi connectivity index (χ1) is 16.1. The van der Waals surface area contributed by atoms with Gasteiger partial charge in [-0.3, -0.25) is 10.1 Å². The second-order valence-corrected chi connectivity index (χ2v) is 7.29. The van der Waals surface area contributed by atoms with E-state index in [2.05, 4.69) is 6.07 Å². The zero-order valence-electron chi connectivity index (χ0n) is 17.9. The third kappa shape index (κ3) is 4.68. The Morgan fingerprint density at radius 3 is 2.45 bits per heavy atom. The van der Waals surface area contributed by atoms with Gasteiger partial charge in [-0.25, -0.2) is 0 Å². The van der Waals surface area contributed by atoms with Crippen molar-refractivity contribution in [2.45, 2.75) is 6.61 Å². The van der Waals surface area contributed by atoms with E-state index in [1.165, 1.54) is 25.3 Å². The molecular formula is C27H20N2O4. The molecule has 0 atom stereocenters. The molecule has 0 N–H and O–H groups in total. The van der Waals surface area contributed by atoms with Crippen LogP contribution in [0, 0.1) is 21.4 Å². The molecule has 6 nitrogen and oxygen atoms in total. The lowest BCUT2D eigenvalue weighted by Gasteiger charge is -2.12. The number of fused-ring (bicyclic) bond motifs is 1. The number of ether oxygens (including phenoxy) is 2. The second-order valence-electron chi connectivity index (χ2n) is 7.29. The summed E-state index contributed by atoms with van der Waals surface area (Å²) in [6.45, 7) is 0.239. The van der Waals surface area contributed by atoms with E-state index in [4.69, 9.17) is 9.47 Å². The number of nitriles is 1. The molecule has 0 aliphatic carbocycles. The van der Waals surface area contributed by atoms with Crippen LogP contribution in [0.4, 0.5) is 5.69 Å². The molecule has 0 unspecified atom stereocenters. The Morgan fingerprint density at radius 2 is 1.73 bits per heavy atom. The number of nitro benzene ring substituents is 1. The van der Waals surface area contributed by atoms with Gasteiger partial charge in [-0.1, -0.05) is 72.8 Å². The minimum Gasteiger partial charge on any atom is -0.493 e. The van der Waals surface area contributed by atoms with E-state index in [0.29, 0.717) is 16.9 Å². The van der Waals surface area contributed by atoms with Gasteiger partial charge in [-0.05, 0) is 28.5 Å². The first-order valence-electron chi connectivity index (χ1n) is 10.2. The maximum atomic E-state index is 11.9. The van der Waals surface area contributed by atoms with E-state index >= 15 is 0 Å². The van der Waals surface area contributed by atoms with E-state index in [1.54, 1.807) is 0 Å². The normalized spacial score (nSPS) is 11.1. The van der Waals surface area contributed by atoms with Gasteiger partial charge < -0.3 is 9.47 Å². The van der Waals surface area contributed by atoms with E-state index in [0.717, 1.165) is 16.3 Å². The van der Waals surface area contributed by atoms with Gasteiger partial charge in [0.05, 0.1) is 35.3 Å². The summed E-state index contributed by atoms with van der Waals surface area (Å²) in [6.07, 6.45) is 1.52. The van der Waals surface area contributed by atoms with Gasteiger partial charge in [0.1, 0.15) is 6.61 Å². The maximum Gasteiger partial charge on any atom is 0.280 e. The number of benzene rings is 4. The molecule has 0 aliphatic heterocycles. The fourth-order valence-electron chi connectivity index (χ4n) is 3.63. The third-order valence-electron chi connectivity index (χ3n) is 5.25. The lowest BCUT2D eigenvalue weighted by molar-refractivity contribution is -0.385. The molecule has 0 amide bonds. The number of allylic oxidation sites excluding steroid dienone is 1. The summed E-state index contributed by atoms with van der Waals surface area (Å²) in [5.74, 6) is 0.604. The smallest absolute Gasteiger partial charge is 0.280 e. The van der Waals surface area contributed by atoms with Gasteiger partial charge in [0.25, 0.3) is 5.69 Å². The van der Waals surface area contributed by atoms with Crippen molar-refractivity contribution in [1.29, 1.82) is 5.26 Å². The van der Waals surface area contributed by atoms with Crippen LogP contribution >= 0.6 is 0 Å². The number of methoxy groups -OCH3 is 1. The molecule has 4 aromatic carbocycles. The highest BCUT2D eigenvalue weighted by atomic mass is 16.6. The van der Waals surface area contributed by atoms with Crippen LogP contribution in [0.25, 0.3) is 22.4 Å². The Morgan fingerprint density at radius 1 is 1.00 bits per heavy atom. The van der Waals surface area contributed by atoms with Crippen LogP contribution in [0.2, 0.25) is 0 Å². The highest BCUT2D eigenvalue weighted by Gasteiger charge is 2.20. The van der Waals surface area contributed by atoms with Crippen LogP contribution < -0.4 is 9.47 Å². The Bertz CT molecular complexity index is 1380. The number of hydrogen-bond donors (Lipinski definition) is 0. The lowest BCUT2D eigenvalue weighted by Crippen LogP contribution is -2.00. The zero-order valence-corrected chi connectivity index (χ0v) is 17.9. The summed E-state index contributed by atoms with van der Waals surface area (Å²) in [4.78, 5) is 11.4. The van der Waals surface area contributed by atoms with Gasteiger partial charge in [0.2, 0.25) is 0 Å². The molecule has 0 saturated heterocycles. The van der Waals surface area contributed by atoms with Crippen molar-refractivity contribution >= 4 is 28.1 Å². The first kappa shape index (κ1) is 21.6. The average Bonchev–Trinajstić information content (AvgIpc) is 2.86. The molecule has 0 heterocycles. The quantitative estimate of drug-likeness (QED) is 0.145. The fraction of sp³-hybridized carbons (Fsp3) is 0.0741. The van der Waals surface area contributed by atoms with Crippen LogP contribution in [0.3, 0.4) is 0 Å². The maximum absolute atomic E-state index is 11.9. The van der Waals surface area contributed by atoms with Crippen molar-refractivity contribution in [1.82, 2.24) is 0 Å². The second kappa shape index (κ2) is 9.67. The Kier molecular flexibility index (Phi) is 6.33. The van der Waals surface area contributed by atoms with E-state index < -0.39 is 4.92 Å². The summed E-state index contributed by atoms with van der Waals surface area (Å²) in [5.41, 5.74) is 2.03. The first-order valence-corrected chi connectivity index (χ1v) is 10.2. The number of hydrogen-bond acceptors (Lipinski definition) is 5. The minimum atomic E-state index is -0.487. The number of rotatable bonds is 7. The van der Waals surface area contributed by atoms with Crippen molar-refractivity contribution in [3.63, 3.8) is 0 Å². The standard InChI is InChI=1S/C27H20N2O4/c1-32-26-15-21(14-22(17-28)24-13-7-11-20-10-5-6-12-23(20)24)25(29(30)31)16-27(26)33-18-19-8-3-2-4-9-19/h2-16H,18H2,1H3/b22-14-. The Balaban J connectivity index is 1.78. The fourth-order valence-corrected chi connectivity index (χ4v) is 3.63. The molecule has 0 saturated carbocycles. The monoisotopic (exact) mass is 436 g/mol. The SMILES string of the molecule is COc1cc(/C=C(/C#N)c2cccc3ccccc23)c([N+](=O)[O-])cc1OCc1ccccc1. The number of nitro groups is 1. The topological polar surface area (TPSA) is 85.4 Å². The van der Waals surface area contributed by atoms with Crippen LogP contribution in [-0.4, -0.2) is 12.0 Å². The van der Waals surface area contributed by atoms with Gasteiger partial charge >= 0.3 is 0 Å². The zero-order chi connectivity index (χ0) is 23.2. The summed E-state index contributed by atoms with van der Waals surface area (Å²) in [7, 11) is 1.47. The van der Waals surface area contributed by atoms with Crippen molar-refractivity contribution in [2.75, 3.05) is 7.11 Å². The van der Waals surface area contributed by atoms with E-state index in [9.17, 15) is 15.4 Å². The average molecular weight is 436 g/mol. The number of nitrogens with zero attached hydrogens (tertiary/aromatic N) is 2. The predicted octanol–water partition coefficient (Wildman–Crippen LogP) is 6.40. The van der Waals surface area contributed by atoms with Crippen molar-refractivity contribution in [2.24, 2.45) is 0 Å². The summed E-state index contributed by atoms with van der Waals surface area (Å²) < 4.78 is 11.3. The van der Waals surface area contributed by atoms with Crippen LogP contribution in [-0.2, 0) is 6.61 Å². The van der Waals surface area contributed by atoms with Gasteiger partial charge in [0, 0.05) is 5.56 Å². The molecule has 6 heteroatoms. The van der Waals surface area contributed by atoms with Gasteiger partial charge in [-0.15, -0.1) is 0 Å². The highest BCUT2D eigenvalue weighted by Crippen LogP contribution is 2.37. The molecule has 162 valence electrons. The molecule has 0 radical (unpaired) electrons.